The Hall–Kier alpha value is -1.39. The molecule has 0 saturated carbocycles. The van der Waals surface area contributed by atoms with Crippen LogP contribution in [0.25, 0.3) is 0 Å². The molecule has 9 nitrogen and oxygen atoms in total. The summed E-state index contributed by atoms with van der Waals surface area (Å²) >= 11 is 0. The van der Waals surface area contributed by atoms with E-state index in [2.05, 4.69) is 6.92 Å². The Morgan fingerprint density at radius 1 is 0.700 bits per heavy atom. The molecule has 0 amide bonds. The van der Waals surface area contributed by atoms with Gasteiger partial charge < -0.3 is 35.1 Å². The second-order valence-corrected chi connectivity index (χ2v) is 7.11. The van der Waals surface area contributed by atoms with E-state index in [1.165, 1.54) is 57.8 Å². The van der Waals surface area contributed by atoms with Crippen molar-refractivity contribution in [2.45, 2.75) is 102 Å². The van der Waals surface area contributed by atoms with Crippen molar-refractivity contribution < 1.29 is 44.7 Å². The van der Waals surface area contributed by atoms with Gasteiger partial charge >= 0.3 is 35.0 Å². The van der Waals surface area contributed by atoms with E-state index in [1.807, 2.05) is 0 Å². The summed E-state index contributed by atoms with van der Waals surface area (Å²) in [5.41, 5.74) is -2.80. The molecular formula is C20H34MgO9. The van der Waals surface area contributed by atoms with Crippen LogP contribution < -0.4 is 10.2 Å². The molecule has 0 aliphatic carbocycles. The molecule has 0 radical (unpaired) electrons. The van der Waals surface area contributed by atoms with Crippen molar-refractivity contribution in [2.75, 3.05) is 0 Å². The summed E-state index contributed by atoms with van der Waals surface area (Å²) < 4.78 is 0. The third-order valence-electron chi connectivity index (χ3n) is 4.26. The Bertz CT molecular complexity index is 479. The van der Waals surface area contributed by atoms with E-state index in [1.54, 1.807) is 0 Å². The van der Waals surface area contributed by atoms with Gasteiger partial charge in [0.2, 0.25) is 0 Å². The molecule has 0 saturated heterocycles. The molecule has 30 heavy (non-hydrogen) atoms. The first-order valence-electron chi connectivity index (χ1n) is 10.1. The van der Waals surface area contributed by atoms with Crippen molar-refractivity contribution in [3.05, 3.63) is 0 Å². The Morgan fingerprint density at radius 2 is 1.10 bits per heavy atom. The van der Waals surface area contributed by atoms with Gasteiger partial charge in [-0.2, -0.15) is 0 Å². The topological polar surface area (TPSA) is 175 Å². The normalized spacial score (nSPS) is 11.9. The zero-order valence-electron chi connectivity index (χ0n) is 17.9. The summed E-state index contributed by atoms with van der Waals surface area (Å²) in [5, 5.41) is 45.7. The third-order valence-corrected chi connectivity index (χ3v) is 4.26. The van der Waals surface area contributed by atoms with Gasteiger partial charge in [-0.1, -0.05) is 71.1 Å². The first kappa shape index (κ1) is 33.2. The van der Waals surface area contributed by atoms with Crippen LogP contribution >= 0.6 is 0 Å². The van der Waals surface area contributed by atoms with Crippen molar-refractivity contribution >= 4 is 46.9 Å². The molecular weight excluding hydrogens is 409 g/mol. The monoisotopic (exact) mass is 442 g/mol. The number of carbonyl (C=O) groups excluding carboxylic acids is 2. The quantitative estimate of drug-likeness (QED) is 0.213. The first-order valence-corrected chi connectivity index (χ1v) is 10.1. The first-order chi connectivity index (χ1) is 13.5. The standard InChI is InChI=1S/C14H28O2.C6H8O7.Mg/c1-2-3-4-5-6-7-8-9-10-11-12-13-14(15)16;7-3(8)1-6(13,5(11)12)2-4(9)10;/h2-13H2,1H3,(H,15,16);13H,1-2H2,(H,7,8)(H,9,10)(H,11,12);/q;;+2/p-2. The van der Waals surface area contributed by atoms with Gasteiger partial charge in [-0.3, -0.25) is 4.79 Å². The van der Waals surface area contributed by atoms with Crippen LogP contribution in [0.5, 0.6) is 0 Å². The zero-order chi connectivity index (χ0) is 22.7. The van der Waals surface area contributed by atoms with Crippen LogP contribution in [0.4, 0.5) is 0 Å². The van der Waals surface area contributed by atoms with E-state index in [0.717, 1.165) is 12.8 Å². The van der Waals surface area contributed by atoms with Crippen LogP contribution in [0.2, 0.25) is 0 Å². The number of carboxylic acids is 4. The molecule has 0 aliphatic heterocycles. The van der Waals surface area contributed by atoms with E-state index in [9.17, 15) is 29.4 Å². The number of hydrogen-bond acceptors (Lipinski definition) is 7. The molecule has 3 N–H and O–H groups in total. The van der Waals surface area contributed by atoms with Crippen molar-refractivity contribution in [3.8, 4) is 0 Å². The largest absolute Gasteiger partial charge is 2.00 e. The van der Waals surface area contributed by atoms with E-state index < -0.39 is 42.3 Å². The Morgan fingerprint density at radius 3 is 1.40 bits per heavy atom. The smallest absolute Gasteiger partial charge is 0.550 e. The molecule has 0 heterocycles. The number of rotatable bonds is 17. The maximum Gasteiger partial charge on any atom is 2.00 e. The maximum absolute atomic E-state index is 10.3. The van der Waals surface area contributed by atoms with Crippen molar-refractivity contribution in [1.82, 2.24) is 0 Å². The summed E-state index contributed by atoms with van der Waals surface area (Å²) in [7, 11) is 0. The van der Waals surface area contributed by atoms with Crippen LogP contribution in [0.15, 0.2) is 0 Å². The van der Waals surface area contributed by atoms with E-state index in [0.29, 0.717) is 0 Å². The van der Waals surface area contributed by atoms with Crippen molar-refractivity contribution in [2.24, 2.45) is 0 Å². The van der Waals surface area contributed by atoms with Crippen LogP contribution in [-0.4, -0.2) is 67.9 Å². The van der Waals surface area contributed by atoms with E-state index >= 15 is 0 Å². The average Bonchev–Trinajstić information content (AvgIpc) is 2.58. The van der Waals surface area contributed by atoms with Crippen molar-refractivity contribution in [3.63, 3.8) is 0 Å². The van der Waals surface area contributed by atoms with Gasteiger partial charge in [0.25, 0.3) is 0 Å². The Kier molecular flexibility index (Phi) is 23.1. The van der Waals surface area contributed by atoms with E-state index in [4.69, 9.17) is 15.3 Å². The second kappa shape index (κ2) is 20.9. The summed E-state index contributed by atoms with van der Waals surface area (Å²) in [4.78, 5) is 40.5. The second-order valence-electron chi connectivity index (χ2n) is 7.11. The summed E-state index contributed by atoms with van der Waals surface area (Å²) in [6.07, 6.45) is 11.6. The number of carboxylic acid groups (broad SMARTS) is 4. The predicted molar refractivity (Wildman–Crippen MR) is 106 cm³/mol. The predicted octanol–water partition coefficient (Wildman–Crippen LogP) is 0.473. The fourth-order valence-electron chi connectivity index (χ4n) is 2.64. The summed E-state index contributed by atoms with van der Waals surface area (Å²) in [6.45, 7) is 2.24. The zero-order valence-corrected chi connectivity index (χ0v) is 19.3. The minimum absolute atomic E-state index is 0. The molecule has 0 spiro atoms. The molecule has 0 rings (SSSR count). The molecule has 10 heteroatoms. The molecule has 170 valence electrons. The summed E-state index contributed by atoms with van der Waals surface area (Å²) in [6, 6.07) is 0. The molecule has 0 aromatic carbocycles. The van der Waals surface area contributed by atoms with Crippen LogP contribution in [0, 0.1) is 0 Å². The molecule has 0 aromatic heterocycles. The number of unbranched alkanes of at least 4 members (excludes halogenated alkanes) is 10. The molecule has 1 atom stereocenters. The molecule has 0 aromatic rings. The number of carbonyl (C=O) groups is 4. The SMILES string of the molecule is CCCCCCCCCCCCCC(=O)[O-].O=C([O-])CC(O)(CC(=O)O)C(=O)O.[Mg+2]. The van der Waals surface area contributed by atoms with Gasteiger partial charge in [-0.05, 0) is 12.8 Å². The van der Waals surface area contributed by atoms with E-state index in [-0.39, 0.29) is 29.5 Å². The average molecular weight is 443 g/mol. The van der Waals surface area contributed by atoms with Crippen LogP contribution in [0.3, 0.4) is 0 Å². The summed E-state index contributed by atoms with van der Waals surface area (Å²) in [5.74, 6) is -6.24. The van der Waals surface area contributed by atoms with Gasteiger partial charge in [0.15, 0.2) is 5.60 Å². The number of aliphatic hydroxyl groups is 1. The van der Waals surface area contributed by atoms with Crippen LogP contribution in [0.1, 0.15) is 96.8 Å². The third kappa shape index (κ3) is 22.9. The maximum atomic E-state index is 10.3. The minimum atomic E-state index is -2.80. The van der Waals surface area contributed by atoms with Gasteiger partial charge in [0, 0.05) is 18.4 Å². The minimum Gasteiger partial charge on any atom is -0.550 e. The Balaban J connectivity index is -0.000000480. The molecule has 1 unspecified atom stereocenters. The molecule has 0 bridgehead atoms. The van der Waals surface area contributed by atoms with Gasteiger partial charge in [0.1, 0.15) is 0 Å². The molecule has 0 aliphatic rings. The number of aliphatic carboxylic acids is 4. The fraction of sp³-hybridized carbons (Fsp3) is 0.800. The van der Waals surface area contributed by atoms with Crippen molar-refractivity contribution in [1.29, 1.82) is 0 Å². The van der Waals surface area contributed by atoms with Gasteiger partial charge in [0.05, 0.1) is 6.42 Å². The molecule has 0 fully saturated rings. The number of hydrogen-bond donors (Lipinski definition) is 3. The fourth-order valence-corrected chi connectivity index (χ4v) is 2.64. The van der Waals surface area contributed by atoms with Gasteiger partial charge in [-0.25, -0.2) is 4.79 Å². The van der Waals surface area contributed by atoms with Crippen LogP contribution in [-0.2, 0) is 19.2 Å². The Labute approximate surface area is 194 Å². The van der Waals surface area contributed by atoms with Gasteiger partial charge in [-0.15, -0.1) is 0 Å².